The minimum absolute atomic E-state index is 0.251. The molecule has 0 aromatic carbocycles. The largest absolute Gasteiger partial charge is 0.389 e. The second-order valence-corrected chi connectivity index (χ2v) is 5.76. The molecular formula is C16H28O3. The molecule has 2 atom stereocenters. The molecule has 0 unspecified atom stereocenters. The predicted octanol–water partition coefficient (Wildman–Crippen LogP) is 2.99. The molecule has 0 aliphatic heterocycles. The Morgan fingerprint density at radius 1 is 1.37 bits per heavy atom. The fourth-order valence-electron chi connectivity index (χ4n) is 1.56. The zero-order valence-corrected chi connectivity index (χ0v) is 12.8. The minimum atomic E-state index is -1.04. The Hall–Kier alpha value is -0.900. The molecule has 0 spiro atoms. The molecule has 3 heteroatoms. The first-order chi connectivity index (χ1) is 8.62. The van der Waals surface area contributed by atoms with Gasteiger partial charge < -0.3 is 14.9 Å². The smallest absolute Gasteiger partial charge is 0.0824 e. The molecule has 0 saturated heterocycles. The highest BCUT2D eigenvalue weighted by molar-refractivity contribution is 5.10. The van der Waals surface area contributed by atoms with Crippen LogP contribution in [0.3, 0.4) is 0 Å². The van der Waals surface area contributed by atoms with Crippen LogP contribution in [0.15, 0.2) is 36.5 Å². The van der Waals surface area contributed by atoms with Gasteiger partial charge in [-0.2, -0.15) is 0 Å². The summed E-state index contributed by atoms with van der Waals surface area (Å²) >= 11 is 0. The van der Waals surface area contributed by atoms with E-state index in [9.17, 15) is 10.2 Å². The SMILES string of the molecule is C=C[C@](C)(O)C[C@H](O)/C=C(\C)C/C=C/C(C)(C)OC. The summed E-state index contributed by atoms with van der Waals surface area (Å²) in [5.41, 5.74) is -0.259. The third-order valence-corrected chi connectivity index (χ3v) is 3.02. The molecule has 3 nitrogen and oxygen atoms in total. The topological polar surface area (TPSA) is 49.7 Å². The van der Waals surface area contributed by atoms with Crippen LogP contribution in [0.4, 0.5) is 0 Å². The highest BCUT2D eigenvalue weighted by Gasteiger charge is 2.19. The highest BCUT2D eigenvalue weighted by atomic mass is 16.5. The molecule has 0 rings (SSSR count). The van der Waals surface area contributed by atoms with Crippen molar-refractivity contribution >= 4 is 0 Å². The molecule has 0 saturated carbocycles. The van der Waals surface area contributed by atoms with Crippen molar-refractivity contribution in [2.45, 2.75) is 57.8 Å². The lowest BCUT2D eigenvalue weighted by molar-refractivity contribution is 0.0574. The maximum absolute atomic E-state index is 9.86. The van der Waals surface area contributed by atoms with Gasteiger partial charge in [-0.15, -0.1) is 6.58 Å². The third-order valence-electron chi connectivity index (χ3n) is 3.02. The monoisotopic (exact) mass is 268 g/mol. The zero-order chi connectivity index (χ0) is 15.1. The van der Waals surface area contributed by atoms with E-state index in [-0.39, 0.29) is 12.0 Å². The van der Waals surface area contributed by atoms with Gasteiger partial charge in [-0.25, -0.2) is 0 Å². The van der Waals surface area contributed by atoms with Gasteiger partial charge in [0, 0.05) is 13.5 Å². The lowest BCUT2D eigenvalue weighted by Crippen LogP contribution is -2.26. The number of rotatable bonds is 8. The number of aliphatic hydroxyl groups is 2. The molecular weight excluding hydrogens is 240 g/mol. The van der Waals surface area contributed by atoms with Crippen molar-refractivity contribution in [1.29, 1.82) is 0 Å². The second kappa shape index (κ2) is 7.63. The van der Waals surface area contributed by atoms with E-state index in [0.717, 1.165) is 12.0 Å². The number of hydrogen-bond acceptors (Lipinski definition) is 3. The van der Waals surface area contributed by atoms with Gasteiger partial charge in [0.05, 0.1) is 17.3 Å². The Kier molecular flexibility index (Phi) is 7.27. The summed E-state index contributed by atoms with van der Waals surface area (Å²) in [5.74, 6) is 0. The molecule has 0 aliphatic rings. The van der Waals surface area contributed by atoms with Crippen molar-refractivity contribution in [1.82, 2.24) is 0 Å². The minimum Gasteiger partial charge on any atom is -0.389 e. The lowest BCUT2D eigenvalue weighted by Gasteiger charge is -2.20. The first-order valence-electron chi connectivity index (χ1n) is 6.56. The van der Waals surface area contributed by atoms with E-state index >= 15 is 0 Å². The van der Waals surface area contributed by atoms with Crippen LogP contribution in [0.2, 0.25) is 0 Å². The van der Waals surface area contributed by atoms with Crippen LogP contribution in [-0.2, 0) is 4.74 Å². The van der Waals surface area contributed by atoms with E-state index in [0.29, 0.717) is 0 Å². The van der Waals surface area contributed by atoms with Crippen LogP contribution >= 0.6 is 0 Å². The van der Waals surface area contributed by atoms with E-state index in [1.807, 2.05) is 32.9 Å². The Morgan fingerprint density at radius 2 is 1.95 bits per heavy atom. The van der Waals surface area contributed by atoms with E-state index in [1.54, 1.807) is 20.1 Å². The van der Waals surface area contributed by atoms with Gasteiger partial charge in [0.25, 0.3) is 0 Å². The molecule has 0 aromatic heterocycles. The molecule has 0 fully saturated rings. The molecule has 110 valence electrons. The quantitative estimate of drug-likeness (QED) is 0.665. The average molecular weight is 268 g/mol. The first-order valence-corrected chi connectivity index (χ1v) is 6.56. The maximum Gasteiger partial charge on any atom is 0.0824 e. The molecule has 0 amide bonds. The molecule has 0 bridgehead atoms. The van der Waals surface area contributed by atoms with E-state index in [2.05, 4.69) is 6.58 Å². The third kappa shape index (κ3) is 8.76. The van der Waals surface area contributed by atoms with Crippen LogP contribution in [0.1, 0.15) is 40.5 Å². The summed E-state index contributed by atoms with van der Waals surface area (Å²) in [4.78, 5) is 0. The molecule has 0 aliphatic carbocycles. The molecule has 19 heavy (non-hydrogen) atoms. The molecule has 2 N–H and O–H groups in total. The number of allylic oxidation sites excluding steroid dienone is 2. The fraction of sp³-hybridized carbons (Fsp3) is 0.625. The van der Waals surface area contributed by atoms with Gasteiger partial charge >= 0.3 is 0 Å². The van der Waals surface area contributed by atoms with Crippen molar-refractivity contribution in [3.05, 3.63) is 36.5 Å². The van der Waals surface area contributed by atoms with Crippen molar-refractivity contribution in [3.8, 4) is 0 Å². The maximum atomic E-state index is 9.86. The van der Waals surface area contributed by atoms with Gasteiger partial charge in [0.2, 0.25) is 0 Å². The van der Waals surface area contributed by atoms with Crippen LogP contribution < -0.4 is 0 Å². The summed E-state index contributed by atoms with van der Waals surface area (Å²) in [7, 11) is 1.67. The van der Waals surface area contributed by atoms with Gasteiger partial charge in [0.1, 0.15) is 0 Å². The zero-order valence-electron chi connectivity index (χ0n) is 12.8. The van der Waals surface area contributed by atoms with Gasteiger partial charge in [-0.1, -0.05) is 29.9 Å². The normalized spacial score (nSPS) is 18.4. The summed E-state index contributed by atoms with van der Waals surface area (Å²) in [6, 6.07) is 0. The molecule has 0 heterocycles. The number of methoxy groups -OCH3 is 1. The first kappa shape index (κ1) is 18.1. The van der Waals surface area contributed by atoms with Crippen molar-refractivity contribution in [2.75, 3.05) is 7.11 Å². The summed E-state index contributed by atoms with van der Waals surface area (Å²) < 4.78 is 5.28. The van der Waals surface area contributed by atoms with Crippen LogP contribution in [0, 0.1) is 0 Å². The summed E-state index contributed by atoms with van der Waals surface area (Å²) in [5, 5.41) is 19.6. The van der Waals surface area contributed by atoms with E-state index in [4.69, 9.17) is 4.74 Å². The van der Waals surface area contributed by atoms with E-state index < -0.39 is 11.7 Å². The Balaban J connectivity index is 4.38. The number of hydrogen-bond donors (Lipinski definition) is 2. The van der Waals surface area contributed by atoms with Gasteiger partial charge in [0.15, 0.2) is 0 Å². The van der Waals surface area contributed by atoms with Gasteiger partial charge in [-0.05, 0) is 34.1 Å². The van der Waals surface area contributed by atoms with Crippen LogP contribution in [0.5, 0.6) is 0 Å². The molecule has 0 radical (unpaired) electrons. The number of aliphatic hydroxyl groups excluding tert-OH is 1. The average Bonchev–Trinajstić information content (AvgIpc) is 2.27. The predicted molar refractivity (Wildman–Crippen MR) is 80.0 cm³/mol. The Labute approximate surface area is 117 Å². The van der Waals surface area contributed by atoms with Gasteiger partial charge in [-0.3, -0.25) is 0 Å². The standard InChI is InChI=1S/C16H28O3/c1-7-16(5,18)12-14(17)11-13(2)9-8-10-15(3,4)19-6/h7-8,10-11,14,17-18H,1,9,12H2,2-6H3/b10-8+,13-11+/t14-,16+/m1/s1. The van der Waals surface area contributed by atoms with E-state index in [1.165, 1.54) is 6.08 Å². The lowest BCUT2D eigenvalue weighted by atomic mass is 9.97. The Bertz CT molecular complexity index is 338. The molecule has 0 aromatic rings. The van der Waals surface area contributed by atoms with Crippen molar-refractivity contribution in [3.63, 3.8) is 0 Å². The van der Waals surface area contributed by atoms with Crippen molar-refractivity contribution in [2.24, 2.45) is 0 Å². The summed E-state index contributed by atoms with van der Waals surface area (Å²) in [6.07, 6.45) is 7.56. The Morgan fingerprint density at radius 3 is 2.42 bits per heavy atom. The van der Waals surface area contributed by atoms with Crippen LogP contribution in [0.25, 0.3) is 0 Å². The van der Waals surface area contributed by atoms with Crippen LogP contribution in [-0.4, -0.2) is 34.6 Å². The number of ether oxygens (including phenoxy) is 1. The summed E-state index contributed by atoms with van der Waals surface area (Å²) in [6.45, 7) is 11.1. The second-order valence-electron chi connectivity index (χ2n) is 5.76. The fourth-order valence-corrected chi connectivity index (χ4v) is 1.56. The highest BCUT2D eigenvalue weighted by Crippen LogP contribution is 2.16. The van der Waals surface area contributed by atoms with Crippen molar-refractivity contribution < 1.29 is 14.9 Å².